The van der Waals surface area contributed by atoms with Crippen molar-refractivity contribution < 1.29 is 28.2 Å². The lowest BCUT2D eigenvalue weighted by Crippen LogP contribution is -2.46. The van der Waals surface area contributed by atoms with Crippen molar-refractivity contribution in [2.75, 3.05) is 13.7 Å². The second-order valence-electron chi connectivity index (χ2n) is 9.94. The molecule has 2 aromatic carbocycles. The first kappa shape index (κ1) is 30.4. The summed E-state index contributed by atoms with van der Waals surface area (Å²) in [4.78, 5) is 20.5. The van der Waals surface area contributed by atoms with Gasteiger partial charge in [0, 0.05) is 35.7 Å². The summed E-state index contributed by atoms with van der Waals surface area (Å²) in [6, 6.07) is 15.2. The van der Waals surface area contributed by atoms with E-state index >= 15 is 0 Å². The summed E-state index contributed by atoms with van der Waals surface area (Å²) in [6.07, 6.45) is 2.38. The van der Waals surface area contributed by atoms with Gasteiger partial charge in [-0.05, 0) is 49.7 Å². The molecule has 0 fully saturated rings. The van der Waals surface area contributed by atoms with Gasteiger partial charge in [-0.3, -0.25) is 9.79 Å². The number of hydrogen-bond acceptors (Lipinski definition) is 7. The first-order chi connectivity index (χ1) is 20.0. The molecule has 0 spiro atoms. The van der Waals surface area contributed by atoms with Crippen LogP contribution in [0.1, 0.15) is 44.4 Å². The van der Waals surface area contributed by atoms with E-state index in [0.29, 0.717) is 41.9 Å². The van der Waals surface area contributed by atoms with Gasteiger partial charge in [0.25, 0.3) is 5.91 Å². The number of aliphatic hydroxyl groups is 1. The number of nitrogens with zero attached hydrogens (tertiary/aromatic N) is 4. The number of aromatic nitrogens is 3. The molecule has 2 heterocycles. The van der Waals surface area contributed by atoms with Crippen LogP contribution in [-0.4, -0.2) is 63.3 Å². The third-order valence-electron chi connectivity index (χ3n) is 6.64. The van der Waals surface area contributed by atoms with Gasteiger partial charge >= 0.3 is 5.92 Å². The number of methoxy groups -OCH3 is 1. The van der Waals surface area contributed by atoms with Crippen LogP contribution < -0.4 is 20.5 Å². The second-order valence-corrected chi connectivity index (χ2v) is 9.94. The largest absolute Gasteiger partial charge is 0.484 e. The lowest BCUT2D eigenvalue weighted by atomic mass is 10.0. The van der Waals surface area contributed by atoms with Gasteiger partial charge < -0.3 is 25.6 Å². The van der Waals surface area contributed by atoms with Crippen molar-refractivity contribution in [1.82, 2.24) is 20.1 Å². The van der Waals surface area contributed by atoms with E-state index in [4.69, 9.17) is 15.2 Å². The molecule has 0 radical (unpaired) electrons. The molecule has 0 saturated heterocycles. The lowest BCUT2D eigenvalue weighted by Gasteiger charge is -2.27. The van der Waals surface area contributed by atoms with Crippen molar-refractivity contribution in [2.24, 2.45) is 10.7 Å². The monoisotopic (exact) mass is 580 g/mol. The number of nitrogens with one attached hydrogen (secondary N) is 1. The number of alkyl halides is 2. The highest BCUT2D eigenvalue weighted by Crippen LogP contribution is 2.30. The number of aliphatic imine (C=N–C) groups is 1. The molecule has 0 aliphatic carbocycles. The summed E-state index contributed by atoms with van der Waals surface area (Å²) in [5.74, 6) is -3.82. The normalized spacial score (nSPS) is 14.3. The zero-order chi connectivity index (χ0) is 30.4. The number of pyridine rings is 1. The van der Waals surface area contributed by atoms with E-state index in [9.17, 15) is 18.7 Å². The van der Waals surface area contributed by atoms with Gasteiger partial charge in [-0.2, -0.15) is 13.9 Å². The van der Waals surface area contributed by atoms with Gasteiger partial charge in [0.05, 0.1) is 43.2 Å². The third-order valence-corrected chi connectivity index (χ3v) is 6.64. The highest BCUT2D eigenvalue weighted by molar-refractivity contribution is 5.98. The van der Waals surface area contributed by atoms with E-state index in [1.807, 2.05) is 37.3 Å². The summed E-state index contributed by atoms with van der Waals surface area (Å²) < 4.78 is 40.4. The van der Waals surface area contributed by atoms with E-state index in [0.717, 1.165) is 16.6 Å². The number of fused-ring (bicyclic) bond motifs is 1. The fourth-order valence-corrected chi connectivity index (χ4v) is 4.21. The molecule has 10 nitrogen and oxygen atoms in total. The summed E-state index contributed by atoms with van der Waals surface area (Å²) >= 11 is 0. The molecular formula is C30H34F2N6O4. The van der Waals surface area contributed by atoms with Crippen LogP contribution in [0.2, 0.25) is 0 Å². The number of hydrogen-bond donors (Lipinski definition) is 3. The molecule has 4 N–H and O–H groups in total. The first-order valence-corrected chi connectivity index (χ1v) is 13.4. The number of halogens is 2. The van der Waals surface area contributed by atoms with Gasteiger partial charge in [0.15, 0.2) is 0 Å². The van der Waals surface area contributed by atoms with Crippen LogP contribution >= 0.6 is 0 Å². The molecule has 222 valence electrons. The number of aliphatic hydroxyl groups excluding tert-OH is 1. The number of rotatable bonds is 12. The maximum Gasteiger partial charge on any atom is 0.321 e. The molecule has 3 atom stereocenters. The predicted octanol–water partition coefficient (Wildman–Crippen LogP) is 4.19. The number of ether oxygens (including phenoxy) is 2. The number of benzene rings is 2. The molecule has 2 aromatic heterocycles. The van der Waals surface area contributed by atoms with Crippen LogP contribution in [0.3, 0.4) is 0 Å². The van der Waals surface area contributed by atoms with Crippen molar-refractivity contribution in [3.63, 3.8) is 0 Å². The van der Waals surface area contributed by atoms with Crippen molar-refractivity contribution >= 4 is 22.6 Å². The second kappa shape index (κ2) is 12.9. The Morgan fingerprint density at radius 1 is 1.19 bits per heavy atom. The number of carbonyl (C=O) groups excluding carboxylic acids is 1. The van der Waals surface area contributed by atoms with E-state index in [1.54, 1.807) is 42.1 Å². The fraction of sp³-hybridized carbons (Fsp3) is 0.333. The predicted molar refractivity (Wildman–Crippen MR) is 155 cm³/mol. The topological polar surface area (TPSA) is 137 Å². The fourth-order valence-electron chi connectivity index (χ4n) is 4.21. The third kappa shape index (κ3) is 7.19. The van der Waals surface area contributed by atoms with Crippen LogP contribution in [0.25, 0.3) is 16.6 Å². The van der Waals surface area contributed by atoms with Gasteiger partial charge in [0.1, 0.15) is 17.7 Å². The van der Waals surface area contributed by atoms with Crippen LogP contribution in [0.15, 0.2) is 72.0 Å². The van der Waals surface area contributed by atoms with Crippen LogP contribution in [0, 0.1) is 0 Å². The van der Waals surface area contributed by atoms with E-state index in [-0.39, 0.29) is 6.54 Å². The SMILES string of the molecule is CCC(O)CN=C(N)c1cccc(-n2ncc3cc(O[C@H](c4ccc(OC)nc4)C(C)NC(=O)C(C)(F)F)ccc32)c1. The average Bonchev–Trinajstić information content (AvgIpc) is 3.41. The maximum absolute atomic E-state index is 13.6. The smallest absolute Gasteiger partial charge is 0.321 e. The Balaban J connectivity index is 1.61. The van der Waals surface area contributed by atoms with Crippen molar-refractivity contribution in [3.05, 3.63) is 78.1 Å². The zero-order valence-corrected chi connectivity index (χ0v) is 23.8. The van der Waals surface area contributed by atoms with Gasteiger partial charge in [-0.25, -0.2) is 9.67 Å². The van der Waals surface area contributed by atoms with E-state index < -0.39 is 30.1 Å². The Morgan fingerprint density at radius 2 is 1.98 bits per heavy atom. The molecule has 0 aliphatic heterocycles. The average molecular weight is 581 g/mol. The van der Waals surface area contributed by atoms with Crippen LogP contribution in [0.4, 0.5) is 8.78 Å². The molecule has 12 heteroatoms. The van der Waals surface area contributed by atoms with Gasteiger partial charge in [0.2, 0.25) is 5.88 Å². The van der Waals surface area contributed by atoms with Gasteiger partial charge in [-0.15, -0.1) is 0 Å². The highest BCUT2D eigenvalue weighted by Gasteiger charge is 2.35. The number of carbonyl (C=O) groups is 1. The Kier molecular flexibility index (Phi) is 9.36. The number of nitrogens with two attached hydrogens (primary N) is 1. The number of amidine groups is 1. The standard InChI is InChI=1S/C30H34F2N6O4/c1-5-23(39)17-35-28(33)19-7-6-8-22(13-19)38-25-11-10-24(14-21(25)16-36-38)42-27(18(2)37-29(40)30(3,31)32)20-9-12-26(41-4)34-15-20/h6-16,18,23,27,39H,5,17H2,1-4H3,(H2,33,35)(H,37,40)/t18?,23?,27-/m0/s1. The zero-order valence-electron chi connectivity index (χ0n) is 23.8. The minimum absolute atomic E-state index is 0.219. The van der Waals surface area contributed by atoms with Crippen molar-refractivity contribution in [1.29, 1.82) is 0 Å². The first-order valence-electron chi connectivity index (χ1n) is 13.4. The summed E-state index contributed by atoms with van der Waals surface area (Å²) in [6.45, 7) is 4.22. The maximum atomic E-state index is 13.6. The summed E-state index contributed by atoms with van der Waals surface area (Å²) in [5, 5.41) is 17.4. The Hall–Kier alpha value is -4.58. The summed E-state index contributed by atoms with van der Waals surface area (Å²) in [5.41, 5.74) is 8.95. The molecular weight excluding hydrogens is 546 g/mol. The lowest BCUT2D eigenvalue weighted by molar-refractivity contribution is -0.144. The summed E-state index contributed by atoms with van der Waals surface area (Å²) in [7, 11) is 1.48. The van der Waals surface area contributed by atoms with Crippen molar-refractivity contribution in [2.45, 2.75) is 51.4 Å². The molecule has 4 rings (SSSR count). The Bertz CT molecular complexity index is 1550. The van der Waals surface area contributed by atoms with E-state index in [2.05, 4.69) is 20.4 Å². The Morgan fingerprint density at radius 3 is 2.64 bits per heavy atom. The Labute approximate surface area is 242 Å². The minimum Gasteiger partial charge on any atom is -0.484 e. The number of amides is 1. The molecule has 42 heavy (non-hydrogen) atoms. The molecule has 0 saturated carbocycles. The minimum atomic E-state index is -3.55. The molecule has 4 aromatic rings. The van der Waals surface area contributed by atoms with Crippen molar-refractivity contribution in [3.8, 4) is 17.3 Å². The van der Waals surface area contributed by atoms with Crippen LogP contribution in [-0.2, 0) is 4.79 Å². The molecule has 1 amide bonds. The van der Waals surface area contributed by atoms with E-state index in [1.165, 1.54) is 13.3 Å². The molecule has 0 aliphatic rings. The quantitative estimate of drug-likeness (QED) is 0.169. The highest BCUT2D eigenvalue weighted by atomic mass is 19.3. The molecule has 2 unspecified atom stereocenters. The van der Waals surface area contributed by atoms with Gasteiger partial charge in [-0.1, -0.05) is 19.1 Å². The van der Waals surface area contributed by atoms with Crippen LogP contribution in [0.5, 0.6) is 11.6 Å². The molecule has 0 bridgehead atoms.